The molecule has 126 valence electrons. The second kappa shape index (κ2) is 7.29. The summed E-state index contributed by atoms with van der Waals surface area (Å²) < 4.78 is 5.40. The summed E-state index contributed by atoms with van der Waals surface area (Å²) in [5, 5.41) is 10.8. The number of urea groups is 1. The van der Waals surface area contributed by atoms with Gasteiger partial charge in [0.2, 0.25) is 11.8 Å². The van der Waals surface area contributed by atoms with Gasteiger partial charge in [-0.15, -0.1) is 10.2 Å². The molecule has 0 bridgehead atoms. The Labute approximate surface area is 141 Å². The first-order chi connectivity index (χ1) is 11.7. The van der Waals surface area contributed by atoms with Gasteiger partial charge in [0.25, 0.3) is 0 Å². The maximum atomic E-state index is 12.5. The minimum atomic E-state index is -0.0671. The molecule has 1 aliphatic heterocycles. The van der Waals surface area contributed by atoms with Crippen molar-refractivity contribution in [2.45, 2.75) is 39.2 Å². The zero-order valence-electron chi connectivity index (χ0n) is 14.0. The van der Waals surface area contributed by atoms with Gasteiger partial charge in [0.05, 0.1) is 6.04 Å². The molecule has 1 aromatic carbocycles. The second-order valence-electron chi connectivity index (χ2n) is 5.92. The standard InChI is InChI=1S/C18H22N4O2/c1-3-4-6-16-7-5-12-22(16)18(23)19-15-10-8-14(9-11-15)17-21-20-13(2)24-17/h5,7-11,16H,3-4,6,12H2,1-2H3,(H,19,23). The molecule has 6 heteroatoms. The van der Waals surface area contributed by atoms with Crippen LogP contribution in [0.4, 0.5) is 10.5 Å². The number of nitrogens with one attached hydrogen (secondary N) is 1. The quantitative estimate of drug-likeness (QED) is 0.843. The van der Waals surface area contributed by atoms with E-state index < -0.39 is 0 Å². The molecule has 1 aromatic heterocycles. The fourth-order valence-electron chi connectivity index (χ4n) is 2.77. The van der Waals surface area contributed by atoms with Gasteiger partial charge >= 0.3 is 6.03 Å². The third kappa shape index (κ3) is 3.64. The maximum Gasteiger partial charge on any atom is 0.322 e. The largest absolute Gasteiger partial charge is 0.421 e. The van der Waals surface area contributed by atoms with Gasteiger partial charge in [-0.2, -0.15) is 0 Å². The summed E-state index contributed by atoms with van der Waals surface area (Å²) in [5.41, 5.74) is 1.58. The minimum absolute atomic E-state index is 0.0671. The van der Waals surface area contributed by atoms with Crippen LogP contribution in [0.15, 0.2) is 40.8 Å². The van der Waals surface area contributed by atoms with E-state index in [0.717, 1.165) is 30.5 Å². The first-order valence-electron chi connectivity index (χ1n) is 8.32. The van der Waals surface area contributed by atoms with Gasteiger partial charge in [-0.25, -0.2) is 4.79 Å². The topological polar surface area (TPSA) is 71.3 Å². The summed E-state index contributed by atoms with van der Waals surface area (Å²) in [4.78, 5) is 14.3. The van der Waals surface area contributed by atoms with E-state index in [4.69, 9.17) is 4.42 Å². The van der Waals surface area contributed by atoms with Crippen LogP contribution in [0, 0.1) is 6.92 Å². The zero-order chi connectivity index (χ0) is 16.9. The van der Waals surface area contributed by atoms with Crippen molar-refractivity contribution in [3.63, 3.8) is 0 Å². The molecule has 6 nitrogen and oxygen atoms in total. The predicted octanol–water partition coefficient (Wildman–Crippen LogP) is 4.01. The molecular formula is C18H22N4O2. The molecule has 2 heterocycles. The monoisotopic (exact) mass is 326 g/mol. The highest BCUT2D eigenvalue weighted by atomic mass is 16.4. The molecule has 1 aliphatic rings. The van der Waals surface area contributed by atoms with Gasteiger partial charge in [-0.1, -0.05) is 31.9 Å². The predicted molar refractivity (Wildman–Crippen MR) is 92.6 cm³/mol. The Morgan fingerprint density at radius 1 is 1.33 bits per heavy atom. The molecule has 0 radical (unpaired) electrons. The van der Waals surface area contributed by atoms with Crippen LogP contribution < -0.4 is 5.32 Å². The normalized spacial score (nSPS) is 16.6. The van der Waals surface area contributed by atoms with Crippen LogP contribution in [0.5, 0.6) is 0 Å². The third-order valence-corrected chi connectivity index (χ3v) is 4.08. The van der Waals surface area contributed by atoms with Crippen molar-refractivity contribution in [2.75, 3.05) is 11.9 Å². The van der Waals surface area contributed by atoms with Crippen LogP contribution in [-0.4, -0.2) is 33.7 Å². The number of anilines is 1. The average molecular weight is 326 g/mol. The minimum Gasteiger partial charge on any atom is -0.421 e. The van der Waals surface area contributed by atoms with Crippen molar-refractivity contribution in [1.29, 1.82) is 0 Å². The zero-order valence-corrected chi connectivity index (χ0v) is 14.0. The summed E-state index contributed by atoms with van der Waals surface area (Å²) in [7, 11) is 0. The Kier molecular flexibility index (Phi) is 4.93. The number of aromatic nitrogens is 2. The summed E-state index contributed by atoms with van der Waals surface area (Å²) >= 11 is 0. The Bertz CT molecular complexity index is 721. The molecule has 0 saturated carbocycles. The Morgan fingerprint density at radius 3 is 2.79 bits per heavy atom. The molecule has 0 spiro atoms. The molecule has 0 saturated heterocycles. The number of aryl methyl sites for hydroxylation is 1. The van der Waals surface area contributed by atoms with Crippen molar-refractivity contribution in [3.8, 4) is 11.5 Å². The number of rotatable bonds is 5. The van der Waals surface area contributed by atoms with Crippen molar-refractivity contribution in [1.82, 2.24) is 15.1 Å². The number of hydrogen-bond acceptors (Lipinski definition) is 4. The van der Waals surface area contributed by atoms with Gasteiger partial charge in [0.1, 0.15) is 0 Å². The molecule has 3 rings (SSSR count). The van der Waals surface area contributed by atoms with Crippen molar-refractivity contribution >= 4 is 11.7 Å². The van der Waals surface area contributed by atoms with Gasteiger partial charge in [-0.3, -0.25) is 0 Å². The van der Waals surface area contributed by atoms with E-state index >= 15 is 0 Å². The molecule has 2 amide bonds. The van der Waals surface area contributed by atoms with Crippen molar-refractivity contribution in [3.05, 3.63) is 42.3 Å². The van der Waals surface area contributed by atoms with Gasteiger partial charge in [0, 0.05) is 24.7 Å². The highest BCUT2D eigenvalue weighted by Gasteiger charge is 2.24. The Balaban J connectivity index is 1.62. The van der Waals surface area contributed by atoms with E-state index in [1.807, 2.05) is 29.2 Å². The van der Waals surface area contributed by atoms with Crippen LogP contribution in [-0.2, 0) is 0 Å². The molecule has 1 N–H and O–H groups in total. The lowest BCUT2D eigenvalue weighted by Crippen LogP contribution is -2.39. The van der Waals surface area contributed by atoms with E-state index in [2.05, 4.69) is 34.6 Å². The lowest BCUT2D eigenvalue weighted by atomic mass is 10.1. The highest BCUT2D eigenvalue weighted by molar-refractivity contribution is 5.90. The number of hydrogen-bond donors (Lipinski definition) is 1. The fourth-order valence-corrected chi connectivity index (χ4v) is 2.77. The third-order valence-electron chi connectivity index (χ3n) is 4.08. The van der Waals surface area contributed by atoms with Crippen LogP contribution >= 0.6 is 0 Å². The molecule has 1 unspecified atom stereocenters. The number of carbonyl (C=O) groups is 1. The number of amides is 2. The molecule has 1 atom stereocenters. The van der Waals surface area contributed by atoms with E-state index in [1.165, 1.54) is 0 Å². The smallest absolute Gasteiger partial charge is 0.322 e. The second-order valence-corrected chi connectivity index (χ2v) is 5.92. The average Bonchev–Trinajstić information content (AvgIpc) is 3.22. The van der Waals surface area contributed by atoms with Crippen molar-refractivity contribution < 1.29 is 9.21 Å². The molecule has 24 heavy (non-hydrogen) atoms. The summed E-state index contributed by atoms with van der Waals surface area (Å²) in [5.74, 6) is 1.01. The molecule has 0 aliphatic carbocycles. The number of benzene rings is 1. The maximum absolute atomic E-state index is 12.5. The van der Waals surface area contributed by atoms with E-state index in [-0.39, 0.29) is 12.1 Å². The van der Waals surface area contributed by atoms with Gasteiger partial charge in [-0.05, 0) is 30.7 Å². The molecule has 0 fully saturated rings. The lowest BCUT2D eigenvalue weighted by molar-refractivity contribution is 0.208. The van der Waals surface area contributed by atoms with E-state index in [0.29, 0.717) is 18.3 Å². The number of unbranched alkanes of at least 4 members (excludes halogenated alkanes) is 1. The summed E-state index contributed by atoms with van der Waals surface area (Å²) in [6, 6.07) is 7.54. The molecular weight excluding hydrogens is 304 g/mol. The van der Waals surface area contributed by atoms with Crippen LogP contribution in [0.2, 0.25) is 0 Å². The first-order valence-corrected chi connectivity index (χ1v) is 8.32. The summed E-state index contributed by atoms with van der Waals surface area (Å²) in [6.07, 6.45) is 7.44. The van der Waals surface area contributed by atoms with E-state index in [9.17, 15) is 4.79 Å². The Morgan fingerprint density at radius 2 is 2.12 bits per heavy atom. The fraction of sp³-hybridized carbons (Fsp3) is 0.389. The van der Waals surface area contributed by atoms with Crippen LogP contribution in [0.3, 0.4) is 0 Å². The number of nitrogens with zero attached hydrogens (tertiary/aromatic N) is 3. The van der Waals surface area contributed by atoms with Gasteiger partial charge < -0.3 is 14.6 Å². The van der Waals surface area contributed by atoms with Crippen LogP contribution in [0.25, 0.3) is 11.5 Å². The van der Waals surface area contributed by atoms with Crippen molar-refractivity contribution in [2.24, 2.45) is 0 Å². The number of carbonyl (C=O) groups excluding carboxylic acids is 1. The Hall–Kier alpha value is -2.63. The lowest BCUT2D eigenvalue weighted by Gasteiger charge is -2.24. The SMILES string of the molecule is CCCCC1C=CCN1C(=O)Nc1ccc(-c2nnc(C)o2)cc1. The van der Waals surface area contributed by atoms with E-state index in [1.54, 1.807) is 6.92 Å². The summed E-state index contributed by atoms with van der Waals surface area (Å²) in [6.45, 7) is 4.58. The molecule has 2 aromatic rings. The highest BCUT2D eigenvalue weighted by Crippen LogP contribution is 2.21. The van der Waals surface area contributed by atoms with Gasteiger partial charge in [0.15, 0.2) is 0 Å². The first kappa shape index (κ1) is 16.2. The van der Waals surface area contributed by atoms with Crippen LogP contribution in [0.1, 0.15) is 32.1 Å².